The fourth-order valence-corrected chi connectivity index (χ4v) is 3.52. The second-order valence-electron chi connectivity index (χ2n) is 5.48. The molecule has 1 heterocycles. The van der Waals surface area contributed by atoms with Gasteiger partial charge in [0.2, 0.25) is 0 Å². The summed E-state index contributed by atoms with van der Waals surface area (Å²) in [6, 6.07) is 17.0. The van der Waals surface area contributed by atoms with Crippen LogP contribution < -0.4 is 10.1 Å². The predicted octanol–water partition coefficient (Wildman–Crippen LogP) is 4.71. The first-order valence-electron chi connectivity index (χ1n) is 7.78. The zero-order chi connectivity index (χ0) is 17.6. The molecule has 3 aromatic rings. The number of para-hydroxylation sites is 1. The number of nitrogens with zero attached hydrogens (tertiary/aromatic N) is 1. The summed E-state index contributed by atoms with van der Waals surface area (Å²) >= 11 is 7.50. The molecule has 1 N–H and O–H groups in total. The molecule has 1 amide bonds. The summed E-state index contributed by atoms with van der Waals surface area (Å²) in [4.78, 5) is 17.5. The van der Waals surface area contributed by atoms with E-state index in [1.807, 2.05) is 61.5 Å². The molecule has 6 heteroatoms. The second kappa shape index (κ2) is 8.14. The van der Waals surface area contributed by atoms with Gasteiger partial charge in [-0.1, -0.05) is 41.9 Å². The molecule has 0 aliphatic heterocycles. The highest BCUT2D eigenvalue weighted by molar-refractivity contribution is 7.15. The van der Waals surface area contributed by atoms with Crippen molar-refractivity contribution in [3.05, 3.63) is 75.8 Å². The molecule has 0 bridgehead atoms. The molecular weight excluding hydrogens is 356 g/mol. The van der Waals surface area contributed by atoms with Gasteiger partial charge in [0.15, 0.2) is 11.7 Å². The van der Waals surface area contributed by atoms with Gasteiger partial charge in [0.05, 0.1) is 5.69 Å². The first-order valence-corrected chi connectivity index (χ1v) is 8.98. The summed E-state index contributed by atoms with van der Waals surface area (Å²) < 4.78 is 5.44. The number of carbonyl (C=O) groups is 1. The molecule has 0 saturated heterocycles. The van der Waals surface area contributed by atoms with Gasteiger partial charge in [-0.25, -0.2) is 4.98 Å². The second-order valence-corrected chi connectivity index (χ2v) is 7.00. The molecule has 0 fully saturated rings. The fourth-order valence-electron chi connectivity index (χ4n) is 2.30. The van der Waals surface area contributed by atoms with Crippen LogP contribution >= 0.6 is 22.9 Å². The van der Waals surface area contributed by atoms with E-state index in [1.165, 1.54) is 11.3 Å². The summed E-state index contributed by atoms with van der Waals surface area (Å²) in [7, 11) is 0. The van der Waals surface area contributed by atoms with E-state index in [0.29, 0.717) is 15.9 Å². The Morgan fingerprint density at radius 1 is 1.20 bits per heavy atom. The number of nitrogens with one attached hydrogen (secondary N) is 1. The largest absolute Gasteiger partial charge is 0.484 e. The van der Waals surface area contributed by atoms with Gasteiger partial charge < -0.3 is 4.74 Å². The Labute approximate surface area is 155 Å². The van der Waals surface area contributed by atoms with Crippen LogP contribution in [0.15, 0.2) is 54.6 Å². The summed E-state index contributed by atoms with van der Waals surface area (Å²) in [6.07, 6.45) is 0.737. The average Bonchev–Trinajstić information content (AvgIpc) is 2.93. The van der Waals surface area contributed by atoms with E-state index in [9.17, 15) is 4.79 Å². The smallest absolute Gasteiger partial charge is 0.264 e. The quantitative estimate of drug-likeness (QED) is 0.681. The lowest BCUT2D eigenvalue weighted by atomic mass is 10.1. The Bertz CT molecular complexity index is 865. The van der Waals surface area contributed by atoms with Gasteiger partial charge in [0, 0.05) is 16.3 Å². The maximum Gasteiger partial charge on any atom is 0.264 e. The first kappa shape index (κ1) is 17.5. The van der Waals surface area contributed by atoms with Gasteiger partial charge in [-0.2, -0.15) is 0 Å². The monoisotopic (exact) mass is 372 g/mol. The minimum absolute atomic E-state index is 0.0493. The molecule has 0 saturated carbocycles. The van der Waals surface area contributed by atoms with Crippen molar-refractivity contribution in [1.82, 2.24) is 4.98 Å². The minimum atomic E-state index is -0.230. The number of hydrogen-bond acceptors (Lipinski definition) is 4. The van der Waals surface area contributed by atoms with Crippen LogP contribution in [-0.4, -0.2) is 17.5 Å². The van der Waals surface area contributed by atoms with Gasteiger partial charge in [-0.05, 0) is 36.8 Å². The number of rotatable bonds is 6. The van der Waals surface area contributed by atoms with Gasteiger partial charge in [0.25, 0.3) is 5.91 Å². The van der Waals surface area contributed by atoms with Gasteiger partial charge in [-0.15, -0.1) is 11.3 Å². The number of aryl methyl sites for hydroxylation is 1. The number of thiazole rings is 1. The fraction of sp³-hybridized carbons (Fsp3) is 0.158. The predicted molar refractivity (Wildman–Crippen MR) is 102 cm³/mol. The molecule has 0 atom stereocenters. The minimum Gasteiger partial charge on any atom is -0.484 e. The molecule has 1 aromatic heterocycles. The number of anilines is 1. The van der Waals surface area contributed by atoms with Crippen LogP contribution in [0.5, 0.6) is 5.75 Å². The number of halogens is 1. The van der Waals surface area contributed by atoms with Crippen molar-refractivity contribution in [2.75, 3.05) is 11.9 Å². The Hall–Kier alpha value is -2.37. The summed E-state index contributed by atoms with van der Waals surface area (Å²) in [5.41, 5.74) is 2.02. The summed E-state index contributed by atoms with van der Waals surface area (Å²) in [5.74, 6) is 0.432. The molecule has 0 unspecified atom stereocenters. The highest BCUT2D eigenvalue weighted by atomic mass is 35.5. The Balaban J connectivity index is 1.59. The zero-order valence-electron chi connectivity index (χ0n) is 13.7. The molecule has 2 aromatic carbocycles. The third-order valence-corrected chi connectivity index (χ3v) is 4.81. The van der Waals surface area contributed by atoms with Crippen LogP contribution in [0.25, 0.3) is 0 Å². The average molecular weight is 373 g/mol. The van der Waals surface area contributed by atoms with E-state index in [0.717, 1.165) is 22.6 Å². The molecule has 0 aliphatic rings. The summed E-state index contributed by atoms with van der Waals surface area (Å²) in [6.45, 7) is 1.89. The van der Waals surface area contributed by atoms with Crippen LogP contribution in [0, 0.1) is 6.92 Å². The van der Waals surface area contributed by atoms with Gasteiger partial charge >= 0.3 is 0 Å². The van der Waals surface area contributed by atoms with E-state index in [4.69, 9.17) is 16.3 Å². The lowest BCUT2D eigenvalue weighted by molar-refractivity contribution is -0.118. The van der Waals surface area contributed by atoms with Crippen molar-refractivity contribution in [2.45, 2.75) is 13.3 Å². The molecule has 0 aliphatic carbocycles. The van der Waals surface area contributed by atoms with E-state index in [2.05, 4.69) is 10.3 Å². The van der Waals surface area contributed by atoms with Crippen LogP contribution in [0.1, 0.15) is 16.1 Å². The van der Waals surface area contributed by atoms with Crippen LogP contribution in [0.3, 0.4) is 0 Å². The van der Waals surface area contributed by atoms with Crippen LogP contribution in [0.2, 0.25) is 5.02 Å². The Morgan fingerprint density at radius 2 is 2.00 bits per heavy atom. The van der Waals surface area contributed by atoms with Gasteiger partial charge in [-0.3, -0.25) is 10.1 Å². The number of carbonyl (C=O) groups excluding carboxylic acids is 1. The van der Waals surface area contributed by atoms with Crippen molar-refractivity contribution in [2.24, 2.45) is 0 Å². The van der Waals surface area contributed by atoms with E-state index < -0.39 is 0 Å². The lowest BCUT2D eigenvalue weighted by Crippen LogP contribution is -2.20. The Morgan fingerprint density at radius 3 is 2.76 bits per heavy atom. The van der Waals surface area contributed by atoms with Crippen molar-refractivity contribution in [3.63, 3.8) is 0 Å². The molecule has 4 nitrogen and oxygen atoms in total. The van der Waals surface area contributed by atoms with Crippen LogP contribution in [0.4, 0.5) is 5.13 Å². The molecule has 25 heavy (non-hydrogen) atoms. The van der Waals surface area contributed by atoms with E-state index >= 15 is 0 Å². The van der Waals surface area contributed by atoms with Crippen molar-refractivity contribution in [1.29, 1.82) is 0 Å². The number of ether oxygens (including phenoxy) is 1. The standard InChI is InChI=1S/C19H17ClN2O2S/c1-13-17(11-14-6-5-7-15(20)10-14)25-19(21-13)22-18(23)12-24-16-8-3-2-4-9-16/h2-10H,11-12H2,1H3,(H,21,22,23). The normalized spacial score (nSPS) is 10.5. The number of hydrogen-bond donors (Lipinski definition) is 1. The number of benzene rings is 2. The molecule has 128 valence electrons. The van der Waals surface area contributed by atoms with Crippen molar-refractivity contribution >= 4 is 34.0 Å². The SMILES string of the molecule is Cc1nc(NC(=O)COc2ccccc2)sc1Cc1cccc(Cl)c1. The highest BCUT2D eigenvalue weighted by Gasteiger charge is 2.11. The molecule has 3 rings (SSSR count). The first-order chi connectivity index (χ1) is 12.1. The van der Waals surface area contributed by atoms with Crippen molar-refractivity contribution in [3.8, 4) is 5.75 Å². The number of aromatic nitrogens is 1. The maximum absolute atomic E-state index is 12.0. The molecular formula is C19H17ClN2O2S. The highest BCUT2D eigenvalue weighted by Crippen LogP contribution is 2.26. The summed E-state index contributed by atoms with van der Waals surface area (Å²) in [5, 5.41) is 4.08. The Kier molecular flexibility index (Phi) is 5.68. The van der Waals surface area contributed by atoms with Gasteiger partial charge in [0.1, 0.15) is 5.75 Å². The topological polar surface area (TPSA) is 51.2 Å². The molecule has 0 radical (unpaired) electrons. The number of amides is 1. The van der Waals surface area contributed by atoms with E-state index in [-0.39, 0.29) is 12.5 Å². The van der Waals surface area contributed by atoms with Crippen molar-refractivity contribution < 1.29 is 9.53 Å². The molecule has 0 spiro atoms. The lowest BCUT2D eigenvalue weighted by Gasteiger charge is -2.05. The third-order valence-electron chi connectivity index (χ3n) is 3.51. The zero-order valence-corrected chi connectivity index (χ0v) is 15.2. The van der Waals surface area contributed by atoms with Crippen LogP contribution in [-0.2, 0) is 11.2 Å². The van der Waals surface area contributed by atoms with E-state index in [1.54, 1.807) is 0 Å². The third kappa shape index (κ3) is 5.05. The maximum atomic E-state index is 12.0.